The van der Waals surface area contributed by atoms with Crippen molar-refractivity contribution in [1.82, 2.24) is 19.9 Å². The van der Waals surface area contributed by atoms with Crippen molar-refractivity contribution in [2.45, 2.75) is 31.8 Å². The van der Waals surface area contributed by atoms with E-state index in [2.05, 4.69) is 27.0 Å². The molecule has 0 spiro atoms. The molecule has 0 aliphatic heterocycles. The van der Waals surface area contributed by atoms with Crippen LogP contribution in [0.2, 0.25) is 0 Å². The summed E-state index contributed by atoms with van der Waals surface area (Å²) in [5.41, 5.74) is 3.07. The van der Waals surface area contributed by atoms with Crippen LogP contribution in [0.4, 0.5) is 0 Å². The monoisotopic (exact) mass is 372 g/mol. The summed E-state index contributed by atoms with van der Waals surface area (Å²) >= 11 is 0. The number of benzene rings is 2. The average molecular weight is 372 g/mol. The lowest BCUT2D eigenvalue weighted by Crippen LogP contribution is -2.30. The molecule has 0 aliphatic rings. The first-order chi connectivity index (χ1) is 13.8. The zero-order valence-electron chi connectivity index (χ0n) is 15.7. The molecule has 1 unspecified atom stereocenters. The van der Waals surface area contributed by atoms with Crippen molar-refractivity contribution in [3.63, 3.8) is 0 Å². The number of hydrogen-bond acceptors (Lipinski definition) is 2. The minimum atomic E-state index is -0.186. The molecule has 2 heterocycles. The number of aryl methyl sites for hydroxylation is 1. The van der Waals surface area contributed by atoms with Crippen LogP contribution in [0, 0.1) is 0 Å². The number of nitrogens with zero attached hydrogens (tertiary/aromatic N) is 2. The van der Waals surface area contributed by atoms with Crippen LogP contribution in [0.1, 0.15) is 30.3 Å². The Hall–Kier alpha value is -3.34. The molecule has 4 rings (SSSR count). The van der Waals surface area contributed by atoms with Crippen LogP contribution in [-0.4, -0.2) is 20.4 Å². The lowest BCUT2D eigenvalue weighted by atomic mass is 10.1. The summed E-state index contributed by atoms with van der Waals surface area (Å²) in [4.78, 5) is 20.7. The molecule has 28 heavy (non-hydrogen) atoms. The normalized spacial score (nSPS) is 12.1. The zero-order chi connectivity index (χ0) is 19.2. The minimum absolute atomic E-state index is 0.0496. The Morgan fingerprint density at radius 1 is 1.00 bits per heavy atom. The smallest absolute Gasteiger partial charge is 0.220 e. The Morgan fingerprint density at radius 2 is 1.75 bits per heavy atom. The molecule has 5 heteroatoms. The lowest BCUT2D eigenvalue weighted by Gasteiger charge is -2.17. The predicted molar refractivity (Wildman–Crippen MR) is 111 cm³/mol. The molecular formula is C23H24N4O. The van der Waals surface area contributed by atoms with Crippen molar-refractivity contribution in [3.05, 3.63) is 90.5 Å². The van der Waals surface area contributed by atoms with Gasteiger partial charge in [-0.05, 0) is 42.7 Å². The molecule has 0 saturated carbocycles. The summed E-state index contributed by atoms with van der Waals surface area (Å²) in [6, 6.07) is 21.9. The summed E-state index contributed by atoms with van der Waals surface area (Å²) in [5.74, 6) is 0.845. The summed E-state index contributed by atoms with van der Waals surface area (Å²) in [7, 11) is 0. The zero-order valence-corrected chi connectivity index (χ0v) is 15.7. The number of carbonyl (C=O) groups is 1. The average Bonchev–Trinajstić information content (AvgIpc) is 3.38. The second-order valence-electron chi connectivity index (χ2n) is 6.97. The number of rotatable bonds is 8. The molecule has 0 radical (unpaired) electrons. The number of aromatic nitrogens is 3. The van der Waals surface area contributed by atoms with Gasteiger partial charge < -0.3 is 14.9 Å². The third kappa shape index (κ3) is 4.49. The molecule has 2 N–H and O–H groups in total. The van der Waals surface area contributed by atoms with Gasteiger partial charge in [0, 0.05) is 25.4 Å². The molecule has 1 atom stereocenters. The summed E-state index contributed by atoms with van der Waals surface area (Å²) in [6.45, 7) is 0.842. The molecule has 2 aromatic heterocycles. The fourth-order valence-electron chi connectivity index (χ4n) is 3.41. The van der Waals surface area contributed by atoms with Crippen molar-refractivity contribution < 1.29 is 4.79 Å². The Balaban J connectivity index is 1.46. The van der Waals surface area contributed by atoms with Crippen molar-refractivity contribution in [2.24, 2.45) is 0 Å². The number of imidazole rings is 1. The van der Waals surface area contributed by atoms with E-state index < -0.39 is 0 Å². The van der Waals surface area contributed by atoms with Crippen LogP contribution in [-0.2, 0) is 17.8 Å². The number of aromatic amines is 1. The molecule has 0 saturated heterocycles. The standard InChI is InChI=1S/C23H24N4O/c28-22(13-8-16-27-14-6-7-15-27)24-21(17-18-9-2-1-3-10-18)23-25-19-11-4-5-12-20(19)26-23/h1-7,9-12,14-15,21H,8,13,16-17H2,(H,24,28)(H,25,26). The fourth-order valence-corrected chi connectivity index (χ4v) is 3.41. The van der Waals surface area contributed by atoms with E-state index in [0.717, 1.165) is 29.8 Å². The molecule has 1 amide bonds. The maximum atomic E-state index is 12.6. The SMILES string of the molecule is O=C(CCCn1cccc1)NC(Cc1ccccc1)c1nc2ccccc2[nH]1. The van der Waals surface area contributed by atoms with Gasteiger partial charge in [-0.15, -0.1) is 0 Å². The van der Waals surface area contributed by atoms with E-state index in [4.69, 9.17) is 4.98 Å². The van der Waals surface area contributed by atoms with E-state index in [1.54, 1.807) is 0 Å². The topological polar surface area (TPSA) is 62.7 Å². The van der Waals surface area contributed by atoms with Gasteiger partial charge in [0.1, 0.15) is 5.82 Å². The molecule has 0 fully saturated rings. The van der Waals surface area contributed by atoms with E-state index in [0.29, 0.717) is 12.8 Å². The molecule has 5 nitrogen and oxygen atoms in total. The Bertz CT molecular complexity index is 988. The second kappa shape index (κ2) is 8.57. The van der Waals surface area contributed by atoms with Gasteiger partial charge in [0.2, 0.25) is 5.91 Å². The van der Waals surface area contributed by atoms with E-state index in [1.807, 2.05) is 67.0 Å². The number of H-pyrrole nitrogens is 1. The maximum absolute atomic E-state index is 12.6. The van der Waals surface area contributed by atoms with Crippen LogP contribution in [0.3, 0.4) is 0 Å². The Morgan fingerprint density at radius 3 is 2.54 bits per heavy atom. The number of amides is 1. The van der Waals surface area contributed by atoms with Gasteiger partial charge >= 0.3 is 0 Å². The van der Waals surface area contributed by atoms with Gasteiger partial charge in [0.15, 0.2) is 0 Å². The van der Waals surface area contributed by atoms with Crippen LogP contribution in [0.5, 0.6) is 0 Å². The summed E-state index contributed by atoms with van der Waals surface area (Å²) < 4.78 is 2.09. The highest BCUT2D eigenvalue weighted by Gasteiger charge is 2.19. The van der Waals surface area contributed by atoms with Gasteiger partial charge in [-0.1, -0.05) is 42.5 Å². The Labute approximate surface area is 164 Å². The first kappa shape index (κ1) is 18.0. The number of nitrogens with one attached hydrogen (secondary N) is 2. The molecular weight excluding hydrogens is 348 g/mol. The van der Waals surface area contributed by atoms with Crippen LogP contribution in [0.15, 0.2) is 79.1 Å². The van der Waals surface area contributed by atoms with Crippen LogP contribution >= 0.6 is 0 Å². The van der Waals surface area contributed by atoms with Gasteiger partial charge in [0.25, 0.3) is 0 Å². The predicted octanol–water partition coefficient (Wildman–Crippen LogP) is 4.24. The highest BCUT2D eigenvalue weighted by molar-refractivity contribution is 5.77. The highest BCUT2D eigenvalue weighted by Crippen LogP contribution is 2.20. The van der Waals surface area contributed by atoms with Crippen LogP contribution < -0.4 is 5.32 Å². The van der Waals surface area contributed by atoms with Crippen molar-refractivity contribution in [3.8, 4) is 0 Å². The number of para-hydroxylation sites is 2. The molecule has 0 bridgehead atoms. The van der Waals surface area contributed by atoms with E-state index in [9.17, 15) is 4.79 Å². The lowest BCUT2D eigenvalue weighted by molar-refractivity contribution is -0.122. The largest absolute Gasteiger partial charge is 0.354 e. The van der Waals surface area contributed by atoms with Gasteiger partial charge in [0.05, 0.1) is 17.1 Å². The van der Waals surface area contributed by atoms with Crippen molar-refractivity contribution in [1.29, 1.82) is 0 Å². The quantitative estimate of drug-likeness (QED) is 0.486. The third-order valence-electron chi connectivity index (χ3n) is 4.84. The van der Waals surface area contributed by atoms with Crippen molar-refractivity contribution >= 4 is 16.9 Å². The third-order valence-corrected chi connectivity index (χ3v) is 4.84. The van der Waals surface area contributed by atoms with E-state index in [1.165, 1.54) is 5.56 Å². The minimum Gasteiger partial charge on any atom is -0.354 e. The molecule has 2 aromatic carbocycles. The molecule has 142 valence electrons. The molecule has 4 aromatic rings. The highest BCUT2D eigenvalue weighted by atomic mass is 16.1. The van der Waals surface area contributed by atoms with Gasteiger partial charge in [-0.25, -0.2) is 4.98 Å². The summed E-state index contributed by atoms with van der Waals surface area (Å²) in [6.07, 6.45) is 6.03. The first-order valence-electron chi connectivity index (χ1n) is 9.66. The van der Waals surface area contributed by atoms with Gasteiger partial charge in [-0.3, -0.25) is 4.79 Å². The maximum Gasteiger partial charge on any atom is 0.220 e. The molecule has 0 aliphatic carbocycles. The van der Waals surface area contributed by atoms with Gasteiger partial charge in [-0.2, -0.15) is 0 Å². The number of carbonyl (C=O) groups excluding carboxylic acids is 1. The van der Waals surface area contributed by atoms with E-state index in [-0.39, 0.29) is 11.9 Å². The number of fused-ring (bicyclic) bond motifs is 1. The summed E-state index contributed by atoms with van der Waals surface area (Å²) in [5, 5.41) is 3.18. The first-order valence-corrected chi connectivity index (χ1v) is 9.66. The fraction of sp³-hybridized carbons (Fsp3) is 0.217. The van der Waals surface area contributed by atoms with Crippen LogP contribution in [0.25, 0.3) is 11.0 Å². The van der Waals surface area contributed by atoms with E-state index >= 15 is 0 Å². The van der Waals surface area contributed by atoms with Crippen molar-refractivity contribution in [2.75, 3.05) is 0 Å². The number of hydrogen-bond donors (Lipinski definition) is 2. The second-order valence-corrected chi connectivity index (χ2v) is 6.97. The Kier molecular flexibility index (Phi) is 5.52.